The maximum Gasteiger partial charge on any atom is 0.310 e. The van der Waals surface area contributed by atoms with Gasteiger partial charge < -0.3 is 19.1 Å². The molecule has 0 saturated carbocycles. The van der Waals surface area contributed by atoms with Crippen LogP contribution >= 0.6 is 11.8 Å². The van der Waals surface area contributed by atoms with Crippen molar-refractivity contribution in [2.75, 3.05) is 27.4 Å². The molecule has 2 aromatic rings. The molecule has 0 unspecified atom stereocenters. The van der Waals surface area contributed by atoms with Gasteiger partial charge in [0, 0.05) is 16.7 Å². The Kier molecular flexibility index (Phi) is 6.41. The van der Waals surface area contributed by atoms with Gasteiger partial charge in [-0.2, -0.15) is 0 Å². The van der Waals surface area contributed by atoms with Crippen LogP contribution in [0.15, 0.2) is 47.4 Å². The van der Waals surface area contributed by atoms with E-state index in [1.165, 1.54) is 0 Å². The highest BCUT2D eigenvalue weighted by atomic mass is 32.2. The molecule has 164 valence electrons. The Labute approximate surface area is 186 Å². The topological polar surface area (TPSA) is 65.1 Å². The zero-order valence-electron chi connectivity index (χ0n) is 18.0. The molecule has 4 rings (SSSR count). The first-order valence-corrected chi connectivity index (χ1v) is 11.4. The molecule has 1 amide bonds. The van der Waals surface area contributed by atoms with E-state index in [-0.39, 0.29) is 29.1 Å². The molecule has 3 atom stereocenters. The van der Waals surface area contributed by atoms with E-state index in [1.807, 2.05) is 54.3 Å². The Bertz CT molecular complexity index is 964. The fourth-order valence-electron chi connectivity index (χ4n) is 4.54. The van der Waals surface area contributed by atoms with Crippen LogP contribution in [0.25, 0.3) is 0 Å². The van der Waals surface area contributed by atoms with Gasteiger partial charge in [-0.15, -0.1) is 11.8 Å². The lowest BCUT2D eigenvalue weighted by molar-refractivity contribution is -0.152. The van der Waals surface area contributed by atoms with Crippen molar-refractivity contribution in [2.45, 2.75) is 36.0 Å². The number of nitrogens with zero attached hydrogens (tertiary/aromatic N) is 1. The van der Waals surface area contributed by atoms with Crippen LogP contribution in [0.3, 0.4) is 0 Å². The van der Waals surface area contributed by atoms with Gasteiger partial charge >= 0.3 is 5.97 Å². The number of carbonyl (C=O) groups excluding carboxylic acids is 2. The highest BCUT2D eigenvalue weighted by Crippen LogP contribution is 2.49. The monoisotopic (exact) mass is 441 g/mol. The number of piperidine rings is 1. The first-order chi connectivity index (χ1) is 15.1. The molecule has 1 saturated heterocycles. The summed E-state index contributed by atoms with van der Waals surface area (Å²) in [5, 5.41) is -0.170. The third-order valence-electron chi connectivity index (χ3n) is 5.96. The number of esters is 1. The second-order valence-corrected chi connectivity index (χ2v) is 8.91. The summed E-state index contributed by atoms with van der Waals surface area (Å²) < 4.78 is 16.4. The molecule has 2 aromatic carbocycles. The molecule has 0 radical (unpaired) electrons. The van der Waals surface area contributed by atoms with Crippen LogP contribution in [0.5, 0.6) is 11.5 Å². The number of hydrogen-bond donors (Lipinski definition) is 0. The van der Waals surface area contributed by atoms with Crippen molar-refractivity contribution in [3.8, 4) is 11.5 Å². The van der Waals surface area contributed by atoms with E-state index in [0.717, 1.165) is 16.0 Å². The minimum absolute atomic E-state index is 0.0747. The Morgan fingerprint density at radius 3 is 2.52 bits per heavy atom. The number of amides is 1. The van der Waals surface area contributed by atoms with Gasteiger partial charge in [0.1, 0.15) is 0 Å². The van der Waals surface area contributed by atoms with E-state index in [1.54, 1.807) is 26.0 Å². The normalized spacial score (nSPS) is 22.4. The first kappa shape index (κ1) is 21.6. The van der Waals surface area contributed by atoms with E-state index in [9.17, 15) is 9.59 Å². The highest BCUT2D eigenvalue weighted by Gasteiger charge is 2.48. The lowest BCUT2D eigenvalue weighted by atomic mass is 9.81. The quantitative estimate of drug-likeness (QED) is 0.634. The second kappa shape index (κ2) is 9.22. The third kappa shape index (κ3) is 4.11. The van der Waals surface area contributed by atoms with Crippen molar-refractivity contribution in [3.63, 3.8) is 0 Å². The Balaban J connectivity index is 1.81. The van der Waals surface area contributed by atoms with E-state index in [2.05, 4.69) is 0 Å². The van der Waals surface area contributed by atoms with Crippen LogP contribution in [0.1, 0.15) is 30.5 Å². The minimum Gasteiger partial charge on any atom is -0.493 e. The number of hydrogen-bond acceptors (Lipinski definition) is 6. The number of thioether (sulfide) groups is 1. The van der Waals surface area contributed by atoms with Crippen LogP contribution in [0, 0.1) is 5.92 Å². The van der Waals surface area contributed by atoms with Crippen LogP contribution < -0.4 is 9.47 Å². The molecule has 31 heavy (non-hydrogen) atoms. The molecule has 0 aliphatic carbocycles. The number of ether oxygens (including phenoxy) is 3. The molecule has 2 aliphatic heterocycles. The van der Waals surface area contributed by atoms with Gasteiger partial charge in [0.2, 0.25) is 5.91 Å². The minimum atomic E-state index is -0.307. The Morgan fingerprint density at radius 1 is 1.13 bits per heavy atom. The van der Waals surface area contributed by atoms with Gasteiger partial charge in [-0.05, 0) is 48.7 Å². The molecule has 7 heteroatoms. The van der Waals surface area contributed by atoms with Crippen molar-refractivity contribution in [1.82, 2.24) is 4.90 Å². The lowest BCUT2D eigenvalue weighted by Gasteiger charge is -2.47. The summed E-state index contributed by atoms with van der Waals surface area (Å²) in [6.45, 7) is 2.70. The molecule has 0 bridgehead atoms. The zero-order chi connectivity index (χ0) is 22.0. The molecule has 1 fully saturated rings. The van der Waals surface area contributed by atoms with Crippen LogP contribution in [0.2, 0.25) is 0 Å². The number of benzene rings is 2. The molecule has 0 spiro atoms. The summed E-state index contributed by atoms with van der Waals surface area (Å²) in [5.41, 5.74) is 1.94. The SMILES string of the molecule is CCOC(=O)[C@H]1CCN2C(=O)Cc3cc(OC)c(OC)cc3[C@@H]2[C@@H]1Sc1ccccc1. The molecule has 2 aliphatic rings. The number of methoxy groups -OCH3 is 2. The van der Waals surface area contributed by atoms with Crippen molar-refractivity contribution < 1.29 is 23.8 Å². The van der Waals surface area contributed by atoms with Gasteiger partial charge in [-0.3, -0.25) is 9.59 Å². The molecular weight excluding hydrogens is 414 g/mol. The summed E-state index contributed by atoms with van der Waals surface area (Å²) in [6, 6.07) is 13.6. The van der Waals surface area contributed by atoms with Crippen LogP contribution in [-0.4, -0.2) is 49.4 Å². The average Bonchev–Trinajstić information content (AvgIpc) is 2.79. The van der Waals surface area contributed by atoms with Gasteiger partial charge in [0.05, 0.1) is 39.2 Å². The molecule has 0 N–H and O–H groups in total. The zero-order valence-corrected chi connectivity index (χ0v) is 18.8. The summed E-state index contributed by atoms with van der Waals surface area (Å²) in [7, 11) is 3.20. The predicted molar refractivity (Wildman–Crippen MR) is 119 cm³/mol. The third-order valence-corrected chi connectivity index (χ3v) is 7.36. The summed E-state index contributed by atoms with van der Waals surface area (Å²) in [4.78, 5) is 29.0. The smallest absolute Gasteiger partial charge is 0.310 e. The molecule has 2 heterocycles. The first-order valence-electron chi connectivity index (χ1n) is 10.5. The maximum atomic E-state index is 13.1. The summed E-state index contributed by atoms with van der Waals surface area (Å²) in [5.74, 6) is 0.796. The highest BCUT2D eigenvalue weighted by molar-refractivity contribution is 8.00. The number of rotatable bonds is 6. The van der Waals surface area contributed by atoms with Gasteiger partial charge in [0.15, 0.2) is 11.5 Å². The second-order valence-electron chi connectivity index (χ2n) is 7.66. The number of carbonyl (C=O) groups is 2. The van der Waals surface area contributed by atoms with E-state index in [0.29, 0.717) is 37.5 Å². The Hall–Kier alpha value is -2.67. The number of fused-ring (bicyclic) bond motifs is 3. The van der Waals surface area contributed by atoms with Crippen LogP contribution in [-0.2, 0) is 20.7 Å². The fraction of sp³-hybridized carbons (Fsp3) is 0.417. The van der Waals surface area contributed by atoms with Gasteiger partial charge in [-0.1, -0.05) is 18.2 Å². The van der Waals surface area contributed by atoms with Crippen molar-refractivity contribution >= 4 is 23.6 Å². The standard InChI is InChI=1S/C24H27NO5S/c1-4-30-24(27)17-10-11-25-21(26)13-15-12-19(28-2)20(29-3)14-18(15)22(25)23(17)31-16-8-6-5-7-9-16/h5-9,12,14,17,22-23H,4,10-11,13H2,1-3H3/t17-,22+,23+/m0/s1. The van der Waals surface area contributed by atoms with Crippen molar-refractivity contribution in [2.24, 2.45) is 5.92 Å². The van der Waals surface area contributed by atoms with Gasteiger partial charge in [0.25, 0.3) is 0 Å². The van der Waals surface area contributed by atoms with Crippen molar-refractivity contribution in [1.29, 1.82) is 0 Å². The van der Waals surface area contributed by atoms with E-state index in [4.69, 9.17) is 14.2 Å². The van der Waals surface area contributed by atoms with E-state index >= 15 is 0 Å². The molecule has 0 aromatic heterocycles. The Morgan fingerprint density at radius 2 is 1.84 bits per heavy atom. The van der Waals surface area contributed by atoms with Gasteiger partial charge in [-0.25, -0.2) is 0 Å². The predicted octanol–water partition coefficient (Wildman–Crippen LogP) is 3.87. The lowest BCUT2D eigenvalue weighted by Crippen LogP contribution is -2.52. The largest absolute Gasteiger partial charge is 0.493 e. The fourth-order valence-corrected chi connectivity index (χ4v) is 6.00. The molecular formula is C24H27NO5S. The molecule has 6 nitrogen and oxygen atoms in total. The average molecular weight is 442 g/mol. The maximum absolute atomic E-state index is 13.1. The summed E-state index contributed by atoms with van der Waals surface area (Å²) >= 11 is 1.63. The summed E-state index contributed by atoms with van der Waals surface area (Å²) in [6.07, 6.45) is 0.910. The van der Waals surface area contributed by atoms with Crippen molar-refractivity contribution in [3.05, 3.63) is 53.6 Å². The van der Waals surface area contributed by atoms with E-state index < -0.39 is 0 Å². The van der Waals surface area contributed by atoms with Crippen LogP contribution in [0.4, 0.5) is 0 Å².